The van der Waals surface area contributed by atoms with Crippen LogP contribution in [0, 0.1) is 0 Å². The second-order valence-electron chi connectivity index (χ2n) is 7.77. The number of aromatic amines is 1. The molecule has 0 spiro atoms. The molecule has 0 aliphatic rings. The Morgan fingerprint density at radius 3 is 2.38 bits per heavy atom. The van der Waals surface area contributed by atoms with Crippen LogP contribution < -0.4 is 14.8 Å². The van der Waals surface area contributed by atoms with Crippen LogP contribution in [0.5, 0.6) is 11.5 Å². The fraction of sp³-hybridized carbons (Fsp3) is 0.231. The summed E-state index contributed by atoms with van der Waals surface area (Å²) < 4.78 is 47.8. The molecule has 0 fully saturated rings. The van der Waals surface area contributed by atoms with Crippen LogP contribution >= 0.6 is 12.4 Å². The van der Waals surface area contributed by atoms with Crippen molar-refractivity contribution in [1.82, 2.24) is 10.3 Å². The molecule has 0 bridgehead atoms. The van der Waals surface area contributed by atoms with Crippen molar-refractivity contribution in [2.75, 3.05) is 13.2 Å². The highest BCUT2D eigenvalue weighted by Gasteiger charge is 2.28. The van der Waals surface area contributed by atoms with E-state index in [0.29, 0.717) is 13.2 Å². The minimum atomic E-state index is -4.35. The number of H-pyrrole nitrogens is 1. The molecule has 0 saturated carbocycles. The summed E-state index contributed by atoms with van der Waals surface area (Å²) in [5, 5.41) is 4.46. The Bertz CT molecular complexity index is 1180. The van der Waals surface area contributed by atoms with Gasteiger partial charge in [0.2, 0.25) is 0 Å². The normalized spacial score (nSPS) is 11.3. The Balaban J connectivity index is 0.00000324. The maximum absolute atomic E-state index is 12.3. The smallest absolute Gasteiger partial charge is 0.422 e. The zero-order chi connectivity index (χ0) is 23.1. The summed E-state index contributed by atoms with van der Waals surface area (Å²) in [5.74, 6) is 1.03. The van der Waals surface area contributed by atoms with Crippen LogP contribution in [0.25, 0.3) is 10.9 Å². The molecule has 4 nitrogen and oxygen atoms in total. The Hall–Kier alpha value is -3.16. The van der Waals surface area contributed by atoms with Gasteiger partial charge >= 0.3 is 6.18 Å². The summed E-state index contributed by atoms with van der Waals surface area (Å²) in [6.07, 6.45) is -1.55. The van der Waals surface area contributed by atoms with Crippen molar-refractivity contribution in [2.45, 2.75) is 25.7 Å². The Labute approximate surface area is 202 Å². The van der Waals surface area contributed by atoms with Crippen molar-refractivity contribution in [2.24, 2.45) is 0 Å². The van der Waals surface area contributed by atoms with Gasteiger partial charge in [0.05, 0.1) is 0 Å². The molecule has 0 radical (unpaired) electrons. The average Bonchev–Trinajstić information content (AvgIpc) is 3.22. The quantitative estimate of drug-likeness (QED) is 0.251. The molecule has 0 aliphatic carbocycles. The number of halogens is 4. The first-order valence-corrected chi connectivity index (χ1v) is 10.7. The molecule has 0 atom stereocenters. The molecule has 34 heavy (non-hydrogen) atoms. The van der Waals surface area contributed by atoms with Gasteiger partial charge < -0.3 is 19.8 Å². The highest BCUT2D eigenvalue weighted by Crippen LogP contribution is 2.25. The van der Waals surface area contributed by atoms with Crippen LogP contribution in [-0.2, 0) is 19.6 Å². The van der Waals surface area contributed by atoms with Crippen LogP contribution in [-0.4, -0.2) is 24.3 Å². The minimum Gasteiger partial charge on any atom is -0.489 e. The van der Waals surface area contributed by atoms with Gasteiger partial charge in [-0.05, 0) is 60.0 Å². The average molecular weight is 491 g/mol. The number of hydrogen-bond acceptors (Lipinski definition) is 3. The topological polar surface area (TPSA) is 46.3 Å². The van der Waals surface area contributed by atoms with E-state index >= 15 is 0 Å². The van der Waals surface area contributed by atoms with Crippen LogP contribution in [0.2, 0.25) is 0 Å². The fourth-order valence-electron chi connectivity index (χ4n) is 3.56. The Kier molecular flexibility index (Phi) is 8.85. The summed E-state index contributed by atoms with van der Waals surface area (Å²) in [5.41, 5.74) is 4.20. The molecule has 4 rings (SSSR count). The number of aromatic nitrogens is 1. The van der Waals surface area contributed by atoms with E-state index in [4.69, 9.17) is 9.47 Å². The maximum atomic E-state index is 12.3. The van der Waals surface area contributed by atoms with Crippen molar-refractivity contribution in [3.63, 3.8) is 0 Å². The van der Waals surface area contributed by atoms with E-state index in [1.165, 1.54) is 11.6 Å². The van der Waals surface area contributed by atoms with Crippen molar-refractivity contribution >= 4 is 23.3 Å². The van der Waals surface area contributed by atoms with Crippen LogP contribution in [0.15, 0.2) is 79.0 Å². The summed E-state index contributed by atoms with van der Waals surface area (Å²) in [7, 11) is 0. The monoisotopic (exact) mass is 490 g/mol. The zero-order valence-corrected chi connectivity index (χ0v) is 19.2. The predicted molar refractivity (Wildman–Crippen MR) is 130 cm³/mol. The summed E-state index contributed by atoms with van der Waals surface area (Å²) >= 11 is 0. The lowest BCUT2D eigenvalue weighted by Crippen LogP contribution is -2.19. The summed E-state index contributed by atoms with van der Waals surface area (Å²) in [4.78, 5) is 3.29. The predicted octanol–water partition coefficient (Wildman–Crippen LogP) is 6.44. The third-order valence-corrected chi connectivity index (χ3v) is 5.19. The van der Waals surface area contributed by atoms with Gasteiger partial charge in [-0.2, -0.15) is 13.2 Å². The molecule has 3 aromatic carbocycles. The fourth-order valence-corrected chi connectivity index (χ4v) is 3.56. The van der Waals surface area contributed by atoms with Gasteiger partial charge in [-0.3, -0.25) is 0 Å². The van der Waals surface area contributed by atoms with Crippen LogP contribution in [0.4, 0.5) is 13.2 Å². The molecule has 8 heteroatoms. The third kappa shape index (κ3) is 7.43. The van der Waals surface area contributed by atoms with E-state index in [1.807, 2.05) is 60.8 Å². The second kappa shape index (κ2) is 11.8. The lowest BCUT2D eigenvalue weighted by molar-refractivity contribution is -0.153. The van der Waals surface area contributed by atoms with Crippen molar-refractivity contribution < 1.29 is 22.6 Å². The molecule has 1 aromatic heterocycles. The largest absolute Gasteiger partial charge is 0.489 e. The molecule has 4 aromatic rings. The number of alkyl halides is 3. The molecule has 1 heterocycles. The molecular weight excluding hydrogens is 465 g/mol. The van der Waals surface area contributed by atoms with Crippen LogP contribution in [0.3, 0.4) is 0 Å². The highest BCUT2D eigenvalue weighted by atomic mass is 35.5. The molecule has 0 amide bonds. The third-order valence-electron chi connectivity index (χ3n) is 5.19. The first-order chi connectivity index (χ1) is 16.0. The molecule has 0 saturated heterocycles. The van der Waals surface area contributed by atoms with E-state index in [-0.39, 0.29) is 18.2 Å². The van der Waals surface area contributed by atoms with Gasteiger partial charge in [-0.15, -0.1) is 12.4 Å². The van der Waals surface area contributed by atoms with E-state index < -0.39 is 12.8 Å². The van der Waals surface area contributed by atoms with E-state index in [9.17, 15) is 13.2 Å². The maximum Gasteiger partial charge on any atom is 0.422 e. The van der Waals surface area contributed by atoms with E-state index in [0.717, 1.165) is 40.7 Å². The first kappa shape index (κ1) is 25.5. The standard InChI is InChI=1S/C26H25F3N2O2.ClH/c27-26(28,29)18-33-22-8-4-7-20(13-22)15-30-12-11-21-16-31-25-10-9-23(14-24(21)25)32-17-19-5-2-1-3-6-19;/h1-10,13-14,16,30-31H,11-12,15,17-18H2;1H. The number of hydrogen-bond donors (Lipinski definition) is 2. The SMILES string of the molecule is Cl.FC(F)(F)COc1cccc(CNCCc2c[nH]c3ccc(OCc4ccccc4)cc23)c1. The number of benzene rings is 3. The lowest BCUT2D eigenvalue weighted by Gasteiger charge is -2.11. The zero-order valence-electron chi connectivity index (χ0n) is 18.4. The van der Waals surface area contributed by atoms with Gasteiger partial charge in [0.25, 0.3) is 0 Å². The van der Waals surface area contributed by atoms with Crippen molar-refractivity contribution in [3.05, 3.63) is 95.7 Å². The first-order valence-electron chi connectivity index (χ1n) is 10.7. The number of fused-ring (bicyclic) bond motifs is 1. The molecule has 2 N–H and O–H groups in total. The number of ether oxygens (including phenoxy) is 2. The Morgan fingerprint density at radius 2 is 1.59 bits per heavy atom. The molecule has 180 valence electrons. The van der Waals surface area contributed by atoms with Crippen molar-refractivity contribution in [1.29, 1.82) is 0 Å². The second-order valence-corrected chi connectivity index (χ2v) is 7.77. The molecule has 0 unspecified atom stereocenters. The van der Waals surface area contributed by atoms with Crippen LogP contribution in [0.1, 0.15) is 16.7 Å². The minimum absolute atomic E-state index is 0. The van der Waals surface area contributed by atoms with Gasteiger partial charge in [0, 0.05) is 23.6 Å². The van der Waals surface area contributed by atoms with Gasteiger partial charge in [0.1, 0.15) is 18.1 Å². The Morgan fingerprint density at radius 1 is 0.824 bits per heavy atom. The number of nitrogens with one attached hydrogen (secondary N) is 2. The number of rotatable bonds is 10. The molecule has 0 aliphatic heterocycles. The summed E-state index contributed by atoms with van der Waals surface area (Å²) in [6.45, 7) is 0.480. The van der Waals surface area contributed by atoms with E-state index in [2.05, 4.69) is 10.3 Å². The molecular formula is C26H26ClF3N2O2. The van der Waals surface area contributed by atoms with Gasteiger partial charge in [0.15, 0.2) is 6.61 Å². The van der Waals surface area contributed by atoms with Gasteiger partial charge in [-0.25, -0.2) is 0 Å². The van der Waals surface area contributed by atoms with Gasteiger partial charge in [-0.1, -0.05) is 42.5 Å². The highest BCUT2D eigenvalue weighted by molar-refractivity contribution is 5.85. The summed E-state index contributed by atoms with van der Waals surface area (Å²) in [6, 6.07) is 22.7. The van der Waals surface area contributed by atoms with Crippen molar-refractivity contribution in [3.8, 4) is 11.5 Å². The lowest BCUT2D eigenvalue weighted by atomic mass is 10.1. The van der Waals surface area contributed by atoms with E-state index in [1.54, 1.807) is 12.1 Å².